The first-order chi connectivity index (χ1) is 8.66. The van der Waals surface area contributed by atoms with Crippen LogP contribution >= 0.6 is 23.1 Å². The van der Waals surface area contributed by atoms with Crippen LogP contribution in [0, 0.1) is 0 Å². The van der Waals surface area contributed by atoms with Crippen LogP contribution in [-0.2, 0) is 16.0 Å². The molecular formula is C11H12N2O3S2. The van der Waals surface area contributed by atoms with Crippen LogP contribution in [0.5, 0.6) is 0 Å². The second kappa shape index (κ2) is 6.01. The zero-order valence-electron chi connectivity index (χ0n) is 9.55. The van der Waals surface area contributed by atoms with E-state index in [4.69, 9.17) is 0 Å². The molecule has 96 valence electrons. The first-order valence-corrected chi connectivity index (χ1v) is 7.29. The van der Waals surface area contributed by atoms with Crippen molar-refractivity contribution in [2.45, 2.75) is 6.42 Å². The minimum atomic E-state index is -0.229. The van der Waals surface area contributed by atoms with Gasteiger partial charge in [0.15, 0.2) is 0 Å². The second-order valence-corrected chi connectivity index (χ2v) is 5.66. The van der Waals surface area contributed by atoms with Crippen molar-refractivity contribution < 1.29 is 14.4 Å². The Morgan fingerprint density at radius 1 is 1.44 bits per heavy atom. The van der Waals surface area contributed by atoms with Crippen molar-refractivity contribution >= 4 is 40.2 Å². The lowest BCUT2D eigenvalue weighted by molar-refractivity contribution is -0.125. The summed E-state index contributed by atoms with van der Waals surface area (Å²) in [4.78, 5) is 36.3. The van der Waals surface area contributed by atoms with Crippen molar-refractivity contribution in [3.63, 3.8) is 0 Å². The van der Waals surface area contributed by atoms with Crippen molar-refractivity contribution in [3.05, 3.63) is 22.4 Å². The molecule has 0 bridgehead atoms. The van der Waals surface area contributed by atoms with Gasteiger partial charge in [-0.15, -0.1) is 11.3 Å². The van der Waals surface area contributed by atoms with Crippen molar-refractivity contribution in [2.75, 3.05) is 18.8 Å². The van der Waals surface area contributed by atoms with Crippen LogP contribution in [0.25, 0.3) is 0 Å². The van der Waals surface area contributed by atoms with Gasteiger partial charge in [-0.05, 0) is 11.4 Å². The third-order valence-electron chi connectivity index (χ3n) is 2.41. The number of nitrogens with zero attached hydrogens (tertiary/aromatic N) is 1. The minimum absolute atomic E-state index is 0.0933. The number of amides is 3. The molecule has 0 spiro atoms. The normalized spacial score (nSPS) is 15.2. The zero-order valence-corrected chi connectivity index (χ0v) is 11.2. The van der Waals surface area contributed by atoms with Gasteiger partial charge in [0.25, 0.3) is 5.24 Å². The molecule has 1 aliphatic heterocycles. The molecule has 1 N–H and O–H groups in total. The Morgan fingerprint density at radius 3 is 2.89 bits per heavy atom. The summed E-state index contributed by atoms with van der Waals surface area (Å²) in [7, 11) is 0. The lowest BCUT2D eigenvalue weighted by Crippen LogP contribution is -2.37. The molecule has 1 fully saturated rings. The van der Waals surface area contributed by atoms with E-state index in [2.05, 4.69) is 5.32 Å². The van der Waals surface area contributed by atoms with Crippen LogP contribution < -0.4 is 5.32 Å². The number of carbonyl (C=O) groups excluding carboxylic acids is 3. The molecule has 2 heterocycles. The fourth-order valence-electron chi connectivity index (χ4n) is 1.54. The van der Waals surface area contributed by atoms with Crippen LogP contribution in [0.3, 0.4) is 0 Å². The summed E-state index contributed by atoms with van der Waals surface area (Å²) in [5.74, 6) is -0.0659. The fourth-order valence-corrected chi connectivity index (χ4v) is 2.99. The van der Waals surface area contributed by atoms with E-state index < -0.39 is 0 Å². The topological polar surface area (TPSA) is 66.5 Å². The third kappa shape index (κ3) is 3.33. The summed E-state index contributed by atoms with van der Waals surface area (Å²) >= 11 is 2.53. The molecule has 0 atom stereocenters. The van der Waals surface area contributed by atoms with Gasteiger partial charge in [-0.25, -0.2) is 0 Å². The molecule has 2 rings (SSSR count). The van der Waals surface area contributed by atoms with E-state index in [1.807, 2.05) is 17.5 Å². The molecule has 0 radical (unpaired) electrons. The predicted molar refractivity (Wildman–Crippen MR) is 70.6 cm³/mol. The molecule has 1 aliphatic rings. The van der Waals surface area contributed by atoms with E-state index >= 15 is 0 Å². The quantitative estimate of drug-likeness (QED) is 0.879. The van der Waals surface area contributed by atoms with Gasteiger partial charge < -0.3 is 5.32 Å². The molecular weight excluding hydrogens is 272 g/mol. The highest BCUT2D eigenvalue weighted by atomic mass is 32.2. The molecule has 0 saturated carbocycles. The lowest BCUT2D eigenvalue weighted by atomic mass is 10.3. The van der Waals surface area contributed by atoms with Gasteiger partial charge in [-0.3, -0.25) is 19.3 Å². The number of imide groups is 1. The van der Waals surface area contributed by atoms with Gasteiger partial charge in [0.2, 0.25) is 11.8 Å². The standard InChI is InChI=1S/C11H12N2O3S2/c14-9(6-8-2-1-5-17-8)12-3-4-13-10(15)7-18-11(13)16/h1-2,5H,3-4,6-7H2,(H,12,14). The molecule has 0 unspecified atom stereocenters. The van der Waals surface area contributed by atoms with Crippen LogP contribution in [-0.4, -0.2) is 40.8 Å². The molecule has 0 aromatic carbocycles. The van der Waals surface area contributed by atoms with E-state index in [1.165, 1.54) is 16.2 Å². The largest absolute Gasteiger partial charge is 0.354 e. The SMILES string of the molecule is O=C(Cc1cccs1)NCCN1C(=O)CSC1=O. The van der Waals surface area contributed by atoms with Gasteiger partial charge in [0.05, 0.1) is 12.2 Å². The number of carbonyl (C=O) groups is 3. The van der Waals surface area contributed by atoms with E-state index in [-0.39, 0.29) is 29.4 Å². The smallest absolute Gasteiger partial charge is 0.288 e. The Bertz CT molecular complexity index is 443. The van der Waals surface area contributed by atoms with Gasteiger partial charge in [-0.1, -0.05) is 17.8 Å². The zero-order chi connectivity index (χ0) is 13.0. The van der Waals surface area contributed by atoms with Crippen molar-refractivity contribution in [2.24, 2.45) is 0 Å². The number of rotatable bonds is 5. The maximum Gasteiger partial charge on any atom is 0.288 e. The molecule has 1 saturated heterocycles. The highest BCUT2D eigenvalue weighted by Gasteiger charge is 2.29. The molecule has 18 heavy (non-hydrogen) atoms. The first kappa shape index (κ1) is 13.1. The Morgan fingerprint density at radius 2 is 2.28 bits per heavy atom. The van der Waals surface area contributed by atoms with Gasteiger partial charge in [0.1, 0.15) is 0 Å². The lowest BCUT2D eigenvalue weighted by Gasteiger charge is -2.12. The van der Waals surface area contributed by atoms with Crippen LogP contribution in [0.2, 0.25) is 0 Å². The summed E-state index contributed by atoms with van der Waals surface area (Å²) in [6, 6.07) is 3.79. The molecule has 1 aromatic heterocycles. The highest BCUT2D eigenvalue weighted by Crippen LogP contribution is 2.17. The second-order valence-electron chi connectivity index (χ2n) is 3.71. The number of nitrogens with one attached hydrogen (secondary N) is 1. The molecule has 7 heteroatoms. The average molecular weight is 284 g/mol. The van der Waals surface area contributed by atoms with E-state index in [0.29, 0.717) is 13.0 Å². The molecule has 3 amide bonds. The van der Waals surface area contributed by atoms with Gasteiger partial charge >= 0.3 is 0 Å². The van der Waals surface area contributed by atoms with Crippen LogP contribution in [0.4, 0.5) is 4.79 Å². The maximum atomic E-state index is 11.5. The number of hydrogen-bond acceptors (Lipinski definition) is 5. The Kier molecular flexibility index (Phi) is 4.38. The molecule has 0 aliphatic carbocycles. The number of thioether (sulfide) groups is 1. The van der Waals surface area contributed by atoms with Gasteiger partial charge in [0, 0.05) is 18.0 Å². The predicted octanol–water partition coefficient (Wildman–Crippen LogP) is 1.10. The monoisotopic (exact) mass is 284 g/mol. The van der Waals surface area contributed by atoms with Crippen molar-refractivity contribution in [1.29, 1.82) is 0 Å². The third-order valence-corrected chi connectivity index (χ3v) is 4.15. The molecule has 5 nitrogen and oxygen atoms in total. The first-order valence-electron chi connectivity index (χ1n) is 5.43. The van der Waals surface area contributed by atoms with Crippen LogP contribution in [0.1, 0.15) is 4.88 Å². The van der Waals surface area contributed by atoms with E-state index in [1.54, 1.807) is 0 Å². The summed E-state index contributed by atoms with van der Waals surface area (Å²) in [5.41, 5.74) is 0. The summed E-state index contributed by atoms with van der Waals surface area (Å²) in [6.07, 6.45) is 0.342. The van der Waals surface area contributed by atoms with E-state index in [9.17, 15) is 14.4 Å². The van der Waals surface area contributed by atoms with Crippen LogP contribution in [0.15, 0.2) is 17.5 Å². The van der Waals surface area contributed by atoms with Gasteiger partial charge in [-0.2, -0.15) is 0 Å². The minimum Gasteiger partial charge on any atom is -0.354 e. The fraction of sp³-hybridized carbons (Fsp3) is 0.364. The summed E-state index contributed by atoms with van der Waals surface area (Å²) in [5, 5.41) is 4.39. The highest BCUT2D eigenvalue weighted by molar-refractivity contribution is 8.14. The summed E-state index contributed by atoms with van der Waals surface area (Å²) in [6.45, 7) is 0.559. The number of hydrogen-bond donors (Lipinski definition) is 1. The summed E-state index contributed by atoms with van der Waals surface area (Å²) < 4.78 is 0. The molecule has 1 aromatic rings. The van der Waals surface area contributed by atoms with Crippen molar-refractivity contribution in [3.8, 4) is 0 Å². The Balaban J connectivity index is 1.70. The maximum absolute atomic E-state index is 11.5. The number of thiophene rings is 1. The van der Waals surface area contributed by atoms with E-state index in [0.717, 1.165) is 16.6 Å². The Labute approximate surface area is 113 Å². The average Bonchev–Trinajstić information content (AvgIpc) is 2.93. The Hall–Kier alpha value is -1.34. The van der Waals surface area contributed by atoms with Crippen molar-refractivity contribution in [1.82, 2.24) is 10.2 Å².